The number of hydrogen-bond acceptors (Lipinski definition) is 4. The molecule has 0 atom stereocenters. The van der Waals surface area contributed by atoms with Gasteiger partial charge < -0.3 is 5.43 Å². The lowest BCUT2D eigenvalue weighted by Gasteiger charge is -2.04. The van der Waals surface area contributed by atoms with Crippen LogP contribution in [0.3, 0.4) is 0 Å². The van der Waals surface area contributed by atoms with Crippen LogP contribution in [0, 0.1) is 6.92 Å². The second-order valence-corrected chi connectivity index (χ2v) is 3.25. The summed E-state index contributed by atoms with van der Waals surface area (Å²) in [6.07, 6.45) is 3.32. The topological polar surface area (TPSA) is 63.8 Å². The molecule has 0 radical (unpaired) electrons. The van der Waals surface area contributed by atoms with Gasteiger partial charge in [0.2, 0.25) is 0 Å². The van der Waals surface area contributed by atoms with Gasteiger partial charge in [-0.25, -0.2) is 10.8 Å². The SMILES string of the molecule is Cc1ccccc1-c1cnc(NN)cn1. The number of hydrogen-bond donors (Lipinski definition) is 2. The molecular weight excluding hydrogens is 188 g/mol. The zero-order valence-corrected chi connectivity index (χ0v) is 8.44. The Bertz CT molecular complexity index is 450. The number of aryl methyl sites for hydroxylation is 1. The molecule has 0 fully saturated rings. The van der Waals surface area contributed by atoms with Gasteiger partial charge in [-0.05, 0) is 12.5 Å². The van der Waals surface area contributed by atoms with Crippen LogP contribution in [0.4, 0.5) is 5.82 Å². The third-order valence-electron chi connectivity index (χ3n) is 2.22. The fourth-order valence-corrected chi connectivity index (χ4v) is 1.40. The van der Waals surface area contributed by atoms with E-state index >= 15 is 0 Å². The van der Waals surface area contributed by atoms with E-state index in [2.05, 4.69) is 15.4 Å². The monoisotopic (exact) mass is 200 g/mol. The summed E-state index contributed by atoms with van der Waals surface area (Å²) in [5.41, 5.74) is 5.57. The van der Waals surface area contributed by atoms with Crippen molar-refractivity contribution in [2.45, 2.75) is 6.92 Å². The summed E-state index contributed by atoms with van der Waals surface area (Å²) in [5, 5.41) is 0. The van der Waals surface area contributed by atoms with Gasteiger partial charge in [-0.15, -0.1) is 0 Å². The number of aromatic nitrogens is 2. The van der Waals surface area contributed by atoms with E-state index in [0.717, 1.165) is 11.3 Å². The largest absolute Gasteiger partial charge is 0.307 e. The van der Waals surface area contributed by atoms with Gasteiger partial charge in [0.25, 0.3) is 0 Å². The molecule has 1 aromatic carbocycles. The quantitative estimate of drug-likeness (QED) is 0.572. The second kappa shape index (κ2) is 4.06. The van der Waals surface area contributed by atoms with E-state index in [9.17, 15) is 0 Å². The smallest absolute Gasteiger partial charge is 0.158 e. The molecular formula is C11H12N4. The Labute approximate surface area is 88.2 Å². The molecule has 0 bridgehead atoms. The van der Waals surface area contributed by atoms with E-state index in [1.54, 1.807) is 12.4 Å². The molecule has 4 heteroatoms. The molecule has 2 rings (SSSR count). The van der Waals surface area contributed by atoms with Crippen LogP contribution >= 0.6 is 0 Å². The molecule has 15 heavy (non-hydrogen) atoms. The van der Waals surface area contributed by atoms with Crippen molar-refractivity contribution in [2.75, 3.05) is 5.43 Å². The highest BCUT2D eigenvalue weighted by Crippen LogP contribution is 2.20. The van der Waals surface area contributed by atoms with Gasteiger partial charge in [0.1, 0.15) is 0 Å². The summed E-state index contributed by atoms with van der Waals surface area (Å²) in [6, 6.07) is 8.06. The Morgan fingerprint density at radius 2 is 1.93 bits per heavy atom. The van der Waals surface area contributed by atoms with Gasteiger partial charge in [0.15, 0.2) is 5.82 Å². The first-order valence-corrected chi connectivity index (χ1v) is 4.66. The number of anilines is 1. The summed E-state index contributed by atoms with van der Waals surface area (Å²) < 4.78 is 0. The molecule has 0 unspecified atom stereocenters. The Hall–Kier alpha value is -1.94. The van der Waals surface area contributed by atoms with Crippen molar-refractivity contribution in [2.24, 2.45) is 5.84 Å². The molecule has 2 aromatic rings. The maximum atomic E-state index is 5.22. The van der Waals surface area contributed by atoms with Crippen LogP contribution in [0.2, 0.25) is 0 Å². The number of nitrogens with zero attached hydrogens (tertiary/aromatic N) is 2. The van der Waals surface area contributed by atoms with Gasteiger partial charge in [-0.3, -0.25) is 4.98 Å². The zero-order chi connectivity index (χ0) is 10.7. The van der Waals surface area contributed by atoms with E-state index in [1.807, 2.05) is 31.2 Å². The first-order valence-electron chi connectivity index (χ1n) is 4.66. The molecule has 4 nitrogen and oxygen atoms in total. The van der Waals surface area contributed by atoms with Gasteiger partial charge in [-0.1, -0.05) is 24.3 Å². The fourth-order valence-electron chi connectivity index (χ4n) is 1.40. The minimum Gasteiger partial charge on any atom is -0.307 e. The maximum absolute atomic E-state index is 5.22. The minimum absolute atomic E-state index is 0.562. The first kappa shape index (κ1) is 9.61. The number of nitrogen functional groups attached to an aromatic ring is 1. The summed E-state index contributed by atoms with van der Waals surface area (Å²) in [5.74, 6) is 5.78. The fraction of sp³-hybridized carbons (Fsp3) is 0.0909. The normalized spacial score (nSPS) is 10.0. The lowest BCUT2D eigenvalue weighted by Crippen LogP contribution is -2.08. The van der Waals surface area contributed by atoms with Crippen LogP contribution in [-0.4, -0.2) is 9.97 Å². The highest BCUT2D eigenvalue weighted by molar-refractivity contribution is 5.62. The molecule has 0 amide bonds. The van der Waals surface area contributed by atoms with Gasteiger partial charge in [0, 0.05) is 5.56 Å². The molecule has 0 saturated carbocycles. The van der Waals surface area contributed by atoms with Crippen molar-refractivity contribution in [1.29, 1.82) is 0 Å². The van der Waals surface area contributed by atoms with Crippen LogP contribution in [0.1, 0.15) is 5.56 Å². The Balaban J connectivity index is 2.42. The van der Waals surface area contributed by atoms with E-state index < -0.39 is 0 Å². The minimum atomic E-state index is 0.562. The molecule has 76 valence electrons. The van der Waals surface area contributed by atoms with E-state index in [4.69, 9.17) is 5.84 Å². The molecule has 0 spiro atoms. The highest BCUT2D eigenvalue weighted by atomic mass is 15.3. The number of nitrogens with one attached hydrogen (secondary N) is 1. The predicted molar refractivity (Wildman–Crippen MR) is 60.0 cm³/mol. The molecule has 0 aliphatic rings. The van der Waals surface area contributed by atoms with Crippen LogP contribution in [-0.2, 0) is 0 Å². The summed E-state index contributed by atoms with van der Waals surface area (Å²) in [4.78, 5) is 8.39. The standard InChI is InChI=1S/C11H12N4/c1-8-4-2-3-5-9(8)10-6-14-11(15-12)7-13-10/h2-7H,12H2,1H3,(H,14,15). The van der Waals surface area contributed by atoms with Crippen LogP contribution < -0.4 is 11.3 Å². The average molecular weight is 200 g/mol. The molecule has 1 heterocycles. The zero-order valence-electron chi connectivity index (χ0n) is 8.44. The Morgan fingerprint density at radius 3 is 2.53 bits per heavy atom. The van der Waals surface area contributed by atoms with E-state index in [-0.39, 0.29) is 0 Å². The third-order valence-corrected chi connectivity index (χ3v) is 2.22. The Morgan fingerprint density at radius 1 is 1.13 bits per heavy atom. The first-order chi connectivity index (χ1) is 7.31. The van der Waals surface area contributed by atoms with Crippen molar-refractivity contribution < 1.29 is 0 Å². The van der Waals surface area contributed by atoms with Crippen molar-refractivity contribution in [3.05, 3.63) is 42.2 Å². The molecule has 3 N–H and O–H groups in total. The van der Waals surface area contributed by atoms with Crippen molar-refractivity contribution in [3.63, 3.8) is 0 Å². The highest BCUT2D eigenvalue weighted by Gasteiger charge is 2.02. The van der Waals surface area contributed by atoms with Gasteiger partial charge in [-0.2, -0.15) is 0 Å². The van der Waals surface area contributed by atoms with Crippen molar-refractivity contribution >= 4 is 5.82 Å². The summed E-state index contributed by atoms with van der Waals surface area (Å²) in [6.45, 7) is 2.05. The van der Waals surface area contributed by atoms with E-state index in [0.29, 0.717) is 5.82 Å². The third kappa shape index (κ3) is 1.94. The summed E-state index contributed by atoms with van der Waals surface area (Å²) in [7, 11) is 0. The predicted octanol–water partition coefficient (Wildman–Crippen LogP) is 1.74. The lowest BCUT2D eigenvalue weighted by molar-refractivity contribution is 1.16. The molecule has 0 aliphatic heterocycles. The second-order valence-electron chi connectivity index (χ2n) is 3.25. The van der Waals surface area contributed by atoms with Gasteiger partial charge >= 0.3 is 0 Å². The number of benzene rings is 1. The molecule has 0 saturated heterocycles. The average Bonchev–Trinajstić information content (AvgIpc) is 2.30. The Kier molecular flexibility index (Phi) is 2.60. The van der Waals surface area contributed by atoms with Crippen molar-refractivity contribution in [3.8, 4) is 11.3 Å². The van der Waals surface area contributed by atoms with Crippen LogP contribution in [0.5, 0.6) is 0 Å². The van der Waals surface area contributed by atoms with Gasteiger partial charge in [0.05, 0.1) is 18.1 Å². The van der Waals surface area contributed by atoms with Crippen molar-refractivity contribution in [1.82, 2.24) is 9.97 Å². The number of nitrogens with two attached hydrogens (primary N) is 1. The number of rotatable bonds is 2. The lowest BCUT2D eigenvalue weighted by atomic mass is 10.1. The van der Waals surface area contributed by atoms with Crippen LogP contribution in [0.25, 0.3) is 11.3 Å². The maximum Gasteiger partial charge on any atom is 0.158 e. The van der Waals surface area contributed by atoms with E-state index in [1.165, 1.54) is 5.56 Å². The molecule has 0 aliphatic carbocycles. The number of hydrazine groups is 1. The molecule has 1 aromatic heterocycles. The summed E-state index contributed by atoms with van der Waals surface area (Å²) >= 11 is 0. The van der Waals surface area contributed by atoms with Crippen LogP contribution in [0.15, 0.2) is 36.7 Å².